The molecule has 0 heterocycles. The summed E-state index contributed by atoms with van der Waals surface area (Å²) >= 11 is 5.87. The van der Waals surface area contributed by atoms with E-state index in [0.717, 1.165) is 24.2 Å². The smallest absolute Gasteiger partial charge is 0.220 e. The van der Waals surface area contributed by atoms with Gasteiger partial charge in [-0.3, -0.25) is 4.79 Å². The number of halogens is 1. The Morgan fingerprint density at radius 3 is 2.89 bits per heavy atom. The summed E-state index contributed by atoms with van der Waals surface area (Å²) in [5, 5.41) is 3.54. The van der Waals surface area contributed by atoms with Gasteiger partial charge in [-0.2, -0.15) is 0 Å². The second-order valence-electron chi connectivity index (χ2n) is 4.35. The van der Waals surface area contributed by atoms with Crippen LogP contribution in [0.2, 0.25) is 5.02 Å². The number of carbonyl (C=O) groups excluding carboxylic acids is 1. The molecule has 1 rings (SSSR count). The second-order valence-corrected chi connectivity index (χ2v) is 4.79. The summed E-state index contributed by atoms with van der Waals surface area (Å²) in [7, 11) is 0. The first-order valence-corrected chi connectivity index (χ1v) is 6.87. The Labute approximate surface area is 119 Å². The van der Waals surface area contributed by atoms with Crippen molar-refractivity contribution in [3.63, 3.8) is 0 Å². The van der Waals surface area contributed by atoms with Gasteiger partial charge in [0.25, 0.3) is 0 Å². The van der Waals surface area contributed by atoms with Crippen LogP contribution >= 0.6 is 11.6 Å². The van der Waals surface area contributed by atoms with Crippen LogP contribution in [-0.2, 0) is 4.79 Å². The van der Waals surface area contributed by atoms with Gasteiger partial charge in [-0.1, -0.05) is 11.6 Å². The molecule has 3 N–H and O–H groups in total. The van der Waals surface area contributed by atoms with E-state index in [1.165, 1.54) is 0 Å². The molecule has 1 aromatic carbocycles. The van der Waals surface area contributed by atoms with E-state index in [1.54, 1.807) is 6.07 Å². The van der Waals surface area contributed by atoms with Crippen LogP contribution in [0.25, 0.3) is 0 Å². The van der Waals surface area contributed by atoms with Gasteiger partial charge in [-0.15, -0.1) is 0 Å². The van der Waals surface area contributed by atoms with E-state index in [0.29, 0.717) is 31.1 Å². The Kier molecular flexibility index (Phi) is 7.30. The van der Waals surface area contributed by atoms with Crippen molar-refractivity contribution in [2.24, 2.45) is 5.73 Å². The molecule has 0 saturated carbocycles. The second kappa shape index (κ2) is 8.77. The predicted octanol–water partition coefficient (Wildman–Crippen LogP) is 2.27. The third-order valence-corrected chi connectivity index (χ3v) is 2.88. The molecule has 0 spiro atoms. The van der Waals surface area contributed by atoms with Crippen molar-refractivity contribution in [3.8, 4) is 5.75 Å². The van der Waals surface area contributed by atoms with Gasteiger partial charge in [0.1, 0.15) is 5.75 Å². The highest BCUT2D eigenvalue weighted by Gasteiger charge is 2.01. The zero-order chi connectivity index (χ0) is 14.1. The molecule has 0 saturated heterocycles. The quantitative estimate of drug-likeness (QED) is 0.720. The van der Waals surface area contributed by atoms with Crippen molar-refractivity contribution in [3.05, 3.63) is 28.8 Å². The summed E-state index contributed by atoms with van der Waals surface area (Å²) in [6.45, 7) is 3.69. The first kappa shape index (κ1) is 15.8. The number of hydrogen-bond acceptors (Lipinski definition) is 3. The van der Waals surface area contributed by atoms with Crippen LogP contribution in [0.15, 0.2) is 18.2 Å². The maximum atomic E-state index is 11.3. The molecular formula is C14H21ClN2O2. The fourth-order valence-electron chi connectivity index (χ4n) is 1.61. The summed E-state index contributed by atoms with van der Waals surface area (Å²) in [4.78, 5) is 11.3. The van der Waals surface area contributed by atoms with E-state index in [4.69, 9.17) is 22.1 Å². The lowest BCUT2D eigenvalue weighted by Crippen LogP contribution is -2.25. The Bertz CT molecular complexity index is 410. The van der Waals surface area contributed by atoms with Crippen LogP contribution in [0.3, 0.4) is 0 Å². The van der Waals surface area contributed by atoms with Crippen LogP contribution in [-0.4, -0.2) is 25.6 Å². The number of hydrogen-bond donors (Lipinski definition) is 2. The lowest BCUT2D eigenvalue weighted by Gasteiger charge is -2.09. The van der Waals surface area contributed by atoms with E-state index in [2.05, 4.69) is 5.32 Å². The van der Waals surface area contributed by atoms with Crippen LogP contribution in [0.5, 0.6) is 5.75 Å². The van der Waals surface area contributed by atoms with E-state index in [-0.39, 0.29) is 5.91 Å². The zero-order valence-corrected chi connectivity index (χ0v) is 12.0. The maximum Gasteiger partial charge on any atom is 0.220 e. The van der Waals surface area contributed by atoms with E-state index < -0.39 is 0 Å². The minimum Gasteiger partial charge on any atom is -0.493 e. The number of carbonyl (C=O) groups is 1. The molecule has 0 aliphatic rings. The highest BCUT2D eigenvalue weighted by atomic mass is 35.5. The van der Waals surface area contributed by atoms with Crippen LogP contribution < -0.4 is 15.8 Å². The van der Waals surface area contributed by atoms with E-state index in [1.807, 2.05) is 19.1 Å². The first-order chi connectivity index (χ1) is 9.13. The van der Waals surface area contributed by atoms with Gasteiger partial charge in [-0.05, 0) is 50.1 Å². The Morgan fingerprint density at radius 2 is 2.21 bits per heavy atom. The summed E-state index contributed by atoms with van der Waals surface area (Å²) in [5.74, 6) is 0.881. The van der Waals surface area contributed by atoms with Crippen molar-refractivity contribution in [2.75, 3.05) is 19.7 Å². The van der Waals surface area contributed by atoms with Gasteiger partial charge in [-0.25, -0.2) is 0 Å². The number of benzene rings is 1. The van der Waals surface area contributed by atoms with E-state index >= 15 is 0 Å². The molecule has 106 valence electrons. The van der Waals surface area contributed by atoms with Crippen molar-refractivity contribution in [2.45, 2.75) is 26.2 Å². The summed E-state index contributed by atoms with van der Waals surface area (Å²) in [6, 6.07) is 5.53. The van der Waals surface area contributed by atoms with Crippen LogP contribution in [0.4, 0.5) is 0 Å². The number of amides is 1. The lowest BCUT2D eigenvalue weighted by molar-refractivity contribution is -0.121. The topological polar surface area (TPSA) is 64.3 Å². The van der Waals surface area contributed by atoms with Gasteiger partial charge in [0, 0.05) is 18.0 Å². The number of ether oxygens (including phenoxy) is 1. The fraction of sp³-hybridized carbons (Fsp3) is 0.500. The molecular weight excluding hydrogens is 264 g/mol. The van der Waals surface area contributed by atoms with Crippen molar-refractivity contribution < 1.29 is 9.53 Å². The largest absolute Gasteiger partial charge is 0.493 e. The average Bonchev–Trinajstić information content (AvgIpc) is 2.38. The molecule has 0 bridgehead atoms. The average molecular weight is 285 g/mol. The summed E-state index contributed by atoms with van der Waals surface area (Å²) in [6.07, 6.45) is 2.00. The van der Waals surface area contributed by atoms with Crippen LogP contribution in [0.1, 0.15) is 24.8 Å². The molecule has 0 radical (unpaired) electrons. The van der Waals surface area contributed by atoms with Gasteiger partial charge in [0.2, 0.25) is 5.91 Å². The number of nitrogens with one attached hydrogen (secondary N) is 1. The van der Waals surface area contributed by atoms with Gasteiger partial charge >= 0.3 is 0 Å². The molecule has 0 aliphatic carbocycles. The fourth-order valence-corrected chi connectivity index (χ4v) is 1.83. The summed E-state index contributed by atoms with van der Waals surface area (Å²) in [5.41, 5.74) is 6.35. The normalized spacial score (nSPS) is 10.3. The van der Waals surface area contributed by atoms with Crippen LogP contribution in [0, 0.1) is 6.92 Å². The molecule has 1 aromatic rings. The Hall–Kier alpha value is -1.26. The zero-order valence-electron chi connectivity index (χ0n) is 11.2. The molecule has 19 heavy (non-hydrogen) atoms. The lowest BCUT2D eigenvalue weighted by atomic mass is 10.2. The predicted molar refractivity (Wildman–Crippen MR) is 77.6 cm³/mol. The monoisotopic (exact) mass is 284 g/mol. The molecule has 0 fully saturated rings. The minimum atomic E-state index is 0.0492. The van der Waals surface area contributed by atoms with Crippen molar-refractivity contribution in [1.29, 1.82) is 0 Å². The third kappa shape index (κ3) is 6.45. The van der Waals surface area contributed by atoms with Gasteiger partial charge in [0.15, 0.2) is 0 Å². The molecule has 0 aliphatic heterocycles. The van der Waals surface area contributed by atoms with Gasteiger partial charge < -0.3 is 15.8 Å². The van der Waals surface area contributed by atoms with E-state index in [9.17, 15) is 4.79 Å². The summed E-state index contributed by atoms with van der Waals surface area (Å²) < 4.78 is 5.62. The van der Waals surface area contributed by atoms with Gasteiger partial charge in [0.05, 0.1) is 6.61 Å². The SMILES string of the molecule is Cc1cc(Cl)ccc1OCCCNC(=O)CCCN. The minimum absolute atomic E-state index is 0.0492. The maximum absolute atomic E-state index is 11.3. The molecule has 5 heteroatoms. The number of aryl methyl sites for hydroxylation is 1. The third-order valence-electron chi connectivity index (χ3n) is 2.65. The highest BCUT2D eigenvalue weighted by Crippen LogP contribution is 2.21. The standard InChI is InChI=1S/C14H21ClN2O2/c1-11-10-12(15)5-6-13(11)19-9-3-8-17-14(18)4-2-7-16/h5-6,10H,2-4,7-9,16H2,1H3,(H,17,18). The number of nitrogens with two attached hydrogens (primary N) is 1. The number of rotatable bonds is 8. The molecule has 1 amide bonds. The molecule has 0 aromatic heterocycles. The Balaban J connectivity index is 2.15. The Morgan fingerprint density at radius 1 is 1.42 bits per heavy atom. The van der Waals surface area contributed by atoms with Crippen molar-refractivity contribution in [1.82, 2.24) is 5.32 Å². The van der Waals surface area contributed by atoms with Crippen molar-refractivity contribution >= 4 is 17.5 Å². The molecule has 0 atom stereocenters. The highest BCUT2D eigenvalue weighted by molar-refractivity contribution is 6.30. The molecule has 0 unspecified atom stereocenters. The molecule has 4 nitrogen and oxygen atoms in total. The first-order valence-electron chi connectivity index (χ1n) is 6.49.